The Bertz CT molecular complexity index is 806. The summed E-state index contributed by atoms with van der Waals surface area (Å²) in [5.74, 6) is 2.00. The van der Waals surface area contributed by atoms with Gasteiger partial charge in [-0.15, -0.1) is 11.3 Å². The van der Waals surface area contributed by atoms with E-state index in [-0.39, 0.29) is 12.1 Å². The number of likely N-dealkylation sites (tertiary alicyclic amines) is 1. The molecule has 7 heteroatoms. The molecular weight excluding hydrogens is 374 g/mol. The highest BCUT2D eigenvalue weighted by Gasteiger charge is 2.32. The average Bonchev–Trinajstić information content (AvgIpc) is 3.37. The van der Waals surface area contributed by atoms with E-state index in [9.17, 15) is 4.79 Å². The first-order valence-corrected chi connectivity index (χ1v) is 10.6. The Morgan fingerprint density at radius 2 is 2.18 bits per heavy atom. The predicted molar refractivity (Wildman–Crippen MR) is 112 cm³/mol. The number of rotatable bonds is 7. The Morgan fingerprint density at radius 1 is 1.36 bits per heavy atom. The number of hydrogen-bond donors (Lipinski definition) is 1. The highest BCUT2D eigenvalue weighted by atomic mass is 32.1. The number of hydrogen-bond acceptors (Lipinski definition) is 5. The van der Waals surface area contributed by atoms with Crippen LogP contribution in [0.3, 0.4) is 0 Å². The highest BCUT2D eigenvalue weighted by molar-refractivity contribution is 7.09. The molecule has 1 unspecified atom stereocenters. The molecular formula is C21H29N3O3S. The first kappa shape index (κ1) is 20.5. The maximum atomic E-state index is 12.8. The van der Waals surface area contributed by atoms with Crippen LogP contribution in [0.15, 0.2) is 23.6 Å². The number of urea groups is 1. The smallest absolute Gasteiger partial charge is 0.317 e. The van der Waals surface area contributed by atoms with E-state index in [1.165, 1.54) is 0 Å². The van der Waals surface area contributed by atoms with Crippen LogP contribution in [0.4, 0.5) is 4.79 Å². The van der Waals surface area contributed by atoms with Crippen molar-refractivity contribution >= 4 is 17.4 Å². The molecule has 1 atom stereocenters. The maximum Gasteiger partial charge on any atom is 0.317 e. The molecule has 0 radical (unpaired) electrons. The fourth-order valence-corrected chi connectivity index (χ4v) is 4.40. The largest absolute Gasteiger partial charge is 0.497 e. The van der Waals surface area contributed by atoms with Crippen molar-refractivity contribution in [3.05, 3.63) is 39.8 Å². The number of thiazole rings is 1. The fraction of sp³-hybridized carbons (Fsp3) is 0.524. The van der Waals surface area contributed by atoms with Crippen molar-refractivity contribution in [1.29, 1.82) is 0 Å². The second kappa shape index (κ2) is 9.28. The van der Waals surface area contributed by atoms with Crippen LogP contribution >= 0.6 is 11.3 Å². The van der Waals surface area contributed by atoms with E-state index in [0.29, 0.717) is 12.5 Å². The number of aromatic nitrogens is 1. The van der Waals surface area contributed by atoms with Crippen molar-refractivity contribution in [2.75, 3.05) is 27.3 Å². The molecule has 3 rings (SSSR count). The Hall–Kier alpha value is -2.28. The number of ether oxygens (including phenoxy) is 2. The van der Waals surface area contributed by atoms with Crippen LogP contribution in [0.5, 0.6) is 11.5 Å². The Kier molecular flexibility index (Phi) is 6.78. The normalized spacial score (nSPS) is 16.5. The summed E-state index contributed by atoms with van der Waals surface area (Å²) in [5, 5.41) is 6.29. The molecule has 0 saturated carbocycles. The number of carbonyl (C=O) groups excluding carboxylic acids is 1. The van der Waals surface area contributed by atoms with Gasteiger partial charge in [-0.2, -0.15) is 0 Å². The molecule has 1 fully saturated rings. The molecule has 6 nitrogen and oxygen atoms in total. The van der Waals surface area contributed by atoms with E-state index in [2.05, 4.69) is 29.5 Å². The average molecular weight is 404 g/mol. The van der Waals surface area contributed by atoms with Crippen molar-refractivity contribution in [1.82, 2.24) is 15.2 Å². The summed E-state index contributed by atoms with van der Waals surface area (Å²) in [6, 6.07) is 5.71. The van der Waals surface area contributed by atoms with Crippen LogP contribution in [0.2, 0.25) is 0 Å². The second-order valence-electron chi connectivity index (χ2n) is 7.27. The maximum absolute atomic E-state index is 12.8. The van der Waals surface area contributed by atoms with Crippen LogP contribution in [0.1, 0.15) is 54.9 Å². The number of nitrogens with one attached hydrogen (secondary N) is 1. The molecule has 2 heterocycles. The van der Waals surface area contributed by atoms with Crippen molar-refractivity contribution in [3.63, 3.8) is 0 Å². The minimum absolute atomic E-state index is 0.00290. The molecule has 28 heavy (non-hydrogen) atoms. The van der Waals surface area contributed by atoms with Gasteiger partial charge in [0.15, 0.2) is 0 Å². The monoisotopic (exact) mass is 403 g/mol. The lowest BCUT2D eigenvalue weighted by Gasteiger charge is -2.27. The molecule has 1 aromatic carbocycles. The molecule has 2 amide bonds. The van der Waals surface area contributed by atoms with Gasteiger partial charge in [0, 0.05) is 36.4 Å². The Labute approximate surface area is 170 Å². The fourth-order valence-electron chi connectivity index (χ4n) is 3.53. The molecule has 152 valence electrons. The molecule has 2 aromatic rings. The van der Waals surface area contributed by atoms with Gasteiger partial charge in [-0.3, -0.25) is 0 Å². The lowest BCUT2D eigenvalue weighted by atomic mass is 10.0. The van der Waals surface area contributed by atoms with E-state index in [1.807, 2.05) is 23.1 Å². The van der Waals surface area contributed by atoms with Crippen LogP contribution in [-0.4, -0.2) is 43.2 Å². The van der Waals surface area contributed by atoms with Gasteiger partial charge in [0.1, 0.15) is 11.5 Å². The van der Waals surface area contributed by atoms with E-state index >= 15 is 0 Å². The predicted octanol–water partition coefficient (Wildman–Crippen LogP) is 4.37. The van der Waals surface area contributed by atoms with Crippen molar-refractivity contribution in [3.8, 4) is 11.5 Å². The Balaban J connectivity index is 1.63. The lowest BCUT2D eigenvalue weighted by Crippen LogP contribution is -2.40. The van der Waals surface area contributed by atoms with E-state index in [1.54, 1.807) is 25.6 Å². The van der Waals surface area contributed by atoms with Gasteiger partial charge < -0.3 is 19.7 Å². The SMILES string of the molecule is COc1ccc(OC)c(C2CCCN2C(=O)NCCc2csc(C(C)C)n2)c1. The standard InChI is InChI=1S/C21H29N3O3S/c1-14(2)20-23-15(13-28-20)9-10-22-21(25)24-11-5-6-18(24)17-12-16(26-3)7-8-19(17)27-4/h7-8,12-14,18H,5-6,9-11H2,1-4H3,(H,22,25). The summed E-state index contributed by atoms with van der Waals surface area (Å²) in [4.78, 5) is 19.3. The zero-order valence-corrected chi connectivity index (χ0v) is 17.8. The molecule has 1 aliphatic heterocycles. The summed E-state index contributed by atoms with van der Waals surface area (Å²) in [7, 11) is 3.30. The third-order valence-corrected chi connectivity index (χ3v) is 6.22. The minimum Gasteiger partial charge on any atom is -0.497 e. The van der Waals surface area contributed by atoms with E-state index in [4.69, 9.17) is 9.47 Å². The summed E-state index contributed by atoms with van der Waals surface area (Å²) in [5.41, 5.74) is 2.04. The van der Waals surface area contributed by atoms with Crippen LogP contribution < -0.4 is 14.8 Å². The van der Waals surface area contributed by atoms with Gasteiger partial charge in [-0.05, 0) is 31.0 Å². The van der Waals surface area contributed by atoms with Crippen LogP contribution in [0, 0.1) is 0 Å². The first-order chi connectivity index (χ1) is 13.5. The molecule has 1 aromatic heterocycles. The van der Waals surface area contributed by atoms with Crippen molar-refractivity contribution < 1.29 is 14.3 Å². The number of carbonyl (C=O) groups is 1. The lowest BCUT2D eigenvalue weighted by molar-refractivity contribution is 0.192. The number of methoxy groups -OCH3 is 2. The van der Waals surface area contributed by atoms with Crippen LogP contribution in [0.25, 0.3) is 0 Å². The highest BCUT2D eigenvalue weighted by Crippen LogP contribution is 2.38. The molecule has 1 saturated heterocycles. The summed E-state index contributed by atoms with van der Waals surface area (Å²) in [6.07, 6.45) is 2.64. The first-order valence-electron chi connectivity index (χ1n) is 9.74. The zero-order chi connectivity index (χ0) is 20.1. The third kappa shape index (κ3) is 4.58. The summed E-state index contributed by atoms with van der Waals surface area (Å²) < 4.78 is 10.9. The molecule has 1 N–H and O–H groups in total. The van der Waals surface area contributed by atoms with E-state index < -0.39 is 0 Å². The third-order valence-electron chi connectivity index (χ3n) is 5.03. The van der Waals surface area contributed by atoms with Crippen molar-refractivity contribution in [2.45, 2.75) is 45.1 Å². The quantitative estimate of drug-likeness (QED) is 0.745. The van der Waals surface area contributed by atoms with Gasteiger partial charge in [-0.25, -0.2) is 9.78 Å². The summed E-state index contributed by atoms with van der Waals surface area (Å²) >= 11 is 1.69. The second-order valence-corrected chi connectivity index (χ2v) is 8.16. The number of amides is 2. The topological polar surface area (TPSA) is 63.7 Å². The molecule has 0 spiro atoms. The molecule has 1 aliphatic rings. The van der Waals surface area contributed by atoms with Gasteiger partial charge in [-0.1, -0.05) is 13.8 Å². The van der Waals surface area contributed by atoms with E-state index in [0.717, 1.165) is 53.6 Å². The van der Waals surface area contributed by atoms with Gasteiger partial charge in [0.2, 0.25) is 0 Å². The number of nitrogens with zero attached hydrogens (tertiary/aromatic N) is 2. The van der Waals surface area contributed by atoms with Gasteiger partial charge >= 0.3 is 6.03 Å². The Morgan fingerprint density at radius 3 is 2.86 bits per heavy atom. The summed E-state index contributed by atoms with van der Waals surface area (Å²) in [6.45, 7) is 5.61. The van der Waals surface area contributed by atoms with Gasteiger partial charge in [0.05, 0.1) is 31.0 Å². The van der Waals surface area contributed by atoms with Crippen LogP contribution in [-0.2, 0) is 6.42 Å². The van der Waals surface area contributed by atoms with Crippen molar-refractivity contribution in [2.24, 2.45) is 0 Å². The molecule has 0 aliphatic carbocycles. The van der Waals surface area contributed by atoms with Gasteiger partial charge in [0.25, 0.3) is 0 Å². The molecule has 0 bridgehead atoms. The number of benzene rings is 1. The zero-order valence-electron chi connectivity index (χ0n) is 17.0. The minimum atomic E-state index is -0.0355.